The van der Waals surface area contributed by atoms with E-state index in [1.54, 1.807) is 12.1 Å². The zero-order valence-electron chi connectivity index (χ0n) is 16.8. The highest BCUT2D eigenvalue weighted by atomic mass is 19.4. The number of carbonyl (C=O) groups is 2. The molecule has 0 aromatic heterocycles. The van der Waals surface area contributed by atoms with Crippen molar-refractivity contribution in [2.24, 2.45) is 5.92 Å². The quantitative estimate of drug-likeness (QED) is 0.648. The smallest absolute Gasteiger partial charge is 0.396 e. The Morgan fingerprint density at radius 3 is 2.29 bits per heavy atom. The molecule has 1 saturated heterocycles. The summed E-state index contributed by atoms with van der Waals surface area (Å²) in [5.74, 6) is -0.522. The number of hydrogen-bond acceptors (Lipinski definition) is 4. The Morgan fingerprint density at radius 2 is 1.65 bits per heavy atom. The van der Waals surface area contributed by atoms with E-state index in [4.69, 9.17) is 0 Å². The number of likely N-dealkylation sites (tertiary alicyclic amines) is 1. The van der Waals surface area contributed by atoms with E-state index in [1.165, 1.54) is 24.3 Å². The van der Waals surface area contributed by atoms with Gasteiger partial charge in [0.2, 0.25) is 5.91 Å². The first kappa shape index (κ1) is 22.8. The average Bonchev–Trinajstić information content (AvgIpc) is 2.74. The summed E-state index contributed by atoms with van der Waals surface area (Å²) in [6.07, 6.45) is -2.82. The number of carbonyl (C=O) groups excluding carboxylic acids is 2. The number of rotatable bonds is 6. The molecule has 2 aromatic carbocycles. The van der Waals surface area contributed by atoms with E-state index in [1.807, 2.05) is 4.90 Å². The van der Waals surface area contributed by atoms with Gasteiger partial charge in [0.1, 0.15) is 0 Å². The van der Waals surface area contributed by atoms with Crippen LogP contribution in [0.5, 0.6) is 0 Å². The number of anilines is 2. The first-order valence-corrected chi connectivity index (χ1v) is 9.96. The van der Waals surface area contributed by atoms with Gasteiger partial charge in [-0.1, -0.05) is 12.1 Å². The molecule has 0 radical (unpaired) electrons. The summed E-state index contributed by atoms with van der Waals surface area (Å²) < 4.78 is 38.5. The predicted octanol–water partition coefficient (Wildman–Crippen LogP) is 3.60. The van der Waals surface area contributed by atoms with E-state index >= 15 is 0 Å². The standard InChI is InChI=1S/C22H24F3N3O3/c23-22(24,25)17-4-2-6-19(12-17)27-21(31)16-3-1-5-18(11-16)26-20(30)13-28-9-7-15(14-29)8-10-28/h1-6,11-12,15,29H,7-10,13-14H2,(H,26,30)(H,27,31). The molecule has 0 aliphatic carbocycles. The van der Waals surface area contributed by atoms with Gasteiger partial charge in [-0.05, 0) is 68.2 Å². The van der Waals surface area contributed by atoms with Crippen molar-refractivity contribution in [1.82, 2.24) is 4.90 Å². The van der Waals surface area contributed by atoms with Crippen LogP contribution in [0, 0.1) is 5.92 Å². The Bertz CT molecular complexity index is 925. The van der Waals surface area contributed by atoms with Gasteiger partial charge in [0.25, 0.3) is 5.91 Å². The maximum atomic E-state index is 12.8. The highest BCUT2D eigenvalue weighted by Crippen LogP contribution is 2.30. The van der Waals surface area contributed by atoms with Crippen LogP contribution in [0.25, 0.3) is 0 Å². The number of aliphatic hydroxyl groups is 1. The first-order chi connectivity index (χ1) is 14.7. The van der Waals surface area contributed by atoms with Gasteiger partial charge in [-0.2, -0.15) is 13.2 Å². The third kappa shape index (κ3) is 6.53. The Balaban J connectivity index is 1.58. The number of nitrogens with one attached hydrogen (secondary N) is 2. The normalized spacial score (nSPS) is 15.5. The van der Waals surface area contributed by atoms with Crippen LogP contribution in [-0.2, 0) is 11.0 Å². The van der Waals surface area contributed by atoms with Crippen molar-refractivity contribution in [2.75, 3.05) is 36.9 Å². The van der Waals surface area contributed by atoms with Gasteiger partial charge in [0.05, 0.1) is 12.1 Å². The van der Waals surface area contributed by atoms with Crippen LogP contribution in [0.2, 0.25) is 0 Å². The lowest BCUT2D eigenvalue weighted by Gasteiger charge is -2.30. The Morgan fingerprint density at radius 1 is 1.00 bits per heavy atom. The topological polar surface area (TPSA) is 81.7 Å². The minimum Gasteiger partial charge on any atom is -0.396 e. The fourth-order valence-electron chi connectivity index (χ4n) is 3.45. The molecule has 9 heteroatoms. The molecule has 1 aliphatic rings. The molecule has 0 unspecified atom stereocenters. The van der Waals surface area contributed by atoms with Crippen molar-refractivity contribution in [3.8, 4) is 0 Å². The van der Waals surface area contributed by atoms with Crippen molar-refractivity contribution in [1.29, 1.82) is 0 Å². The number of alkyl halides is 3. The van der Waals surface area contributed by atoms with Gasteiger partial charge in [0.15, 0.2) is 0 Å². The van der Waals surface area contributed by atoms with Gasteiger partial charge in [-0.15, -0.1) is 0 Å². The Kier molecular flexibility index (Phi) is 7.29. The summed E-state index contributed by atoms with van der Waals surface area (Å²) in [6, 6.07) is 10.6. The SMILES string of the molecule is O=C(CN1CCC(CO)CC1)Nc1cccc(C(=O)Nc2cccc(C(F)(F)F)c2)c1. The number of benzene rings is 2. The number of aliphatic hydroxyl groups excluding tert-OH is 1. The van der Waals surface area contributed by atoms with Crippen LogP contribution in [0.3, 0.4) is 0 Å². The molecule has 0 saturated carbocycles. The van der Waals surface area contributed by atoms with Crippen LogP contribution >= 0.6 is 0 Å². The van der Waals surface area contributed by atoms with Gasteiger partial charge in [-0.25, -0.2) is 0 Å². The molecule has 0 spiro atoms. The second kappa shape index (κ2) is 9.93. The van der Waals surface area contributed by atoms with Gasteiger partial charge in [-0.3, -0.25) is 14.5 Å². The molecule has 0 atom stereocenters. The van der Waals surface area contributed by atoms with Crippen LogP contribution in [-0.4, -0.2) is 48.1 Å². The van der Waals surface area contributed by atoms with Crippen molar-refractivity contribution >= 4 is 23.2 Å². The van der Waals surface area contributed by atoms with Gasteiger partial charge >= 0.3 is 6.18 Å². The molecule has 0 bridgehead atoms. The summed E-state index contributed by atoms with van der Waals surface area (Å²) in [7, 11) is 0. The molecule has 3 rings (SSSR count). The maximum Gasteiger partial charge on any atom is 0.416 e. The fraction of sp³-hybridized carbons (Fsp3) is 0.364. The highest BCUT2D eigenvalue weighted by molar-refractivity contribution is 6.05. The second-order valence-electron chi connectivity index (χ2n) is 7.56. The van der Waals surface area contributed by atoms with E-state index in [-0.39, 0.29) is 36.2 Å². The molecule has 3 N–H and O–H groups in total. The lowest BCUT2D eigenvalue weighted by atomic mass is 9.98. The zero-order valence-corrected chi connectivity index (χ0v) is 16.8. The van der Waals surface area contributed by atoms with E-state index in [2.05, 4.69) is 10.6 Å². The highest BCUT2D eigenvalue weighted by Gasteiger charge is 2.30. The van der Waals surface area contributed by atoms with Crippen molar-refractivity contribution in [3.05, 3.63) is 59.7 Å². The monoisotopic (exact) mass is 435 g/mol. The van der Waals surface area contributed by atoms with Crippen molar-refractivity contribution in [3.63, 3.8) is 0 Å². The molecule has 2 aromatic rings. The number of hydrogen-bond donors (Lipinski definition) is 3. The molecule has 31 heavy (non-hydrogen) atoms. The van der Waals surface area contributed by atoms with Crippen LogP contribution < -0.4 is 10.6 Å². The second-order valence-corrected chi connectivity index (χ2v) is 7.56. The van der Waals surface area contributed by atoms with Crippen LogP contribution in [0.4, 0.5) is 24.5 Å². The van der Waals surface area contributed by atoms with Crippen molar-refractivity contribution < 1.29 is 27.9 Å². The van der Waals surface area contributed by atoms with Crippen molar-refractivity contribution in [2.45, 2.75) is 19.0 Å². The minimum absolute atomic E-state index is 0.0283. The van der Waals surface area contributed by atoms with Crippen LogP contribution in [0.1, 0.15) is 28.8 Å². The van der Waals surface area contributed by atoms with E-state index < -0.39 is 17.6 Å². The number of nitrogens with zero attached hydrogens (tertiary/aromatic N) is 1. The molecule has 1 fully saturated rings. The number of piperidine rings is 1. The molecule has 6 nitrogen and oxygen atoms in total. The summed E-state index contributed by atoms with van der Waals surface area (Å²) in [5, 5.41) is 14.4. The molecule has 166 valence electrons. The third-order valence-corrected chi connectivity index (χ3v) is 5.19. The Labute approximate surface area is 178 Å². The lowest BCUT2D eigenvalue weighted by Crippen LogP contribution is -2.39. The van der Waals surface area contributed by atoms with E-state index in [9.17, 15) is 27.9 Å². The maximum absolute atomic E-state index is 12.8. The van der Waals surface area contributed by atoms with E-state index in [0.29, 0.717) is 5.69 Å². The van der Waals surface area contributed by atoms with Gasteiger partial charge < -0.3 is 15.7 Å². The molecule has 1 heterocycles. The average molecular weight is 435 g/mol. The summed E-state index contributed by atoms with van der Waals surface area (Å²) in [5.41, 5.74) is -0.194. The summed E-state index contributed by atoms with van der Waals surface area (Å²) in [4.78, 5) is 26.8. The minimum atomic E-state index is -4.50. The molecular weight excluding hydrogens is 411 g/mol. The third-order valence-electron chi connectivity index (χ3n) is 5.19. The Hall–Kier alpha value is -2.91. The first-order valence-electron chi connectivity index (χ1n) is 9.96. The zero-order chi connectivity index (χ0) is 22.4. The fourth-order valence-corrected chi connectivity index (χ4v) is 3.45. The molecule has 2 amide bonds. The lowest BCUT2D eigenvalue weighted by molar-refractivity contribution is -0.137. The number of halogens is 3. The van der Waals surface area contributed by atoms with E-state index in [0.717, 1.165) is 38.1 Å². The molecule has 1 aliphatic heterocycles. The predicted molar refractivity (Wildman–Crippen MR) is 111 cm³/mol. The van der Waals surface area contributed by atoms with Crippen LogP contribution in [0.15, 0.2) is 48.5 Å². The number of amides is 2. The summed E-state index contributed by atoms with van der Waals surface area (Å²) in [6.45, 7) is 1.84. The summed E-state index contributed by atoms with van der Waals surface area (Å²) >= 11 is 0. The van der Waals surface area contributed by atoms with Gasteiger partial charge in [0, 0.05) is 23.5 Å². The molecular formula is C22H24F3N3O3. The largest absolute Gasteiger partial charge is 0.416 e.